The fraction of sp³-hybridized carbons (Fsp3) is 0.333. The molecule has 0 aliphatic heterocycles. The number of ether oxygens (including phenoxy) is 2. The summed E-state index contributed by atoms with van der Waals surface area (Å²) in [6.07, 6.45) is -0.209. The summed E-state index contributed by atoms with van der Waals surface area (Å²) in [5.74, 6) is 0. The molecule has 110 valence electrons. The lowest BCUT2D eigenvalue weighted by Gasteiger charge is -2.19. The average molecular weight is 283 g/mol. The van der Waals surface area contributed by atoms with Crippen LogP contribution in [0.15, 0.2) is 48.5 Å². The standard InChI is InChI=1S/C18H21NO2/c1-3-20-18(21-4-2)13-19-16-11-7-5-9-14(16)15-10-6-8-12-17(15)19/h5-12,18H,3-4,13H2,1-2H3. The van der Waals surface area contributed by atoms with E-state index in [0.29, 0.717) is 19.8 Å². The summed E-state index contributed by atoms with van der Waals surface area (Å²) in [5, 5.41) is 2.56. The Labute approximate surface area is 125 Å². The van der Waals surface area contributed by atoms with Crippen molar-refractivity contribution in [2.24, 2.45) is 0 Å². The minimum Gasteiger partial charge on any atom is -0.351 e. The van der Waals surface area contributed by atoms with Gasteiger partial charge in [0.1, 0.15) is 0 Å². The first-order valence-corrected chi connectivity index (χ1v) is 7.54. The van der Waals surface area contributed by atoms with Crippen LogP contribution >= 0.6 is 0 Å². The van der Waals surface area contributed by atoms with E-state index in [1.165, 1.54) is 21.8 Å². The molecule has 0 bridgehead atoms. The third kappa shape index (κ3) is 2.67. The molecule has 3 rings (SSSR count). The van der Waals surface area contributed by atoms with Crippen LogP contribution in [0, 0.1) is 0 Å². The Bertz CT molecular complexity index is 673. The molecular formula is C18H21NO2. The van der Waals surface area contributed by atoms with Crippen molar-refractivity contribution in [3.05, 3.63) is 48.5 Å². The number of benzene rings is 2. The topological polar surface area (TPSA) is 23.4 Å². The van der Waals surface area contributed by atoms with Crippen LogP contribution in [-0.2, 0) is 16.0 Å². The van der Waals surface area contributed by atoms with Gasteiger partial charge in [-0.05, 0) is 26.0 Å². The Hall–Kier alpha value is -1.84. The molecule has 0 unspecified atom stereocenters. The summed E-state index contributed by atoms with van der Waals surface area (Å²) >= 11 is 0. The lowest BCUT2D eigenvalue weighted by atomic mass is 10.2. The highest BCUT2D eigenvalue weighted by atomic mass is 16.7. The van der Waals surface area contributed by atoms with Crippen molar-refractivity contribution in [2.45, 2.75) is 26.7 Å². The second-order valence-corrected chi connectivity index (χ2v) is 4.99. The van der Waals surface area contributed by atoms with Crippen LogP contribution in [0.4, 0.5) is 0 Å². The van der Waals surface area contributed by atoms with Gasteiger partial charge in [0.15, 0.2) is 6.29 Å². The molecule has 0 radical (unpaired) electrons. The number of fused-ring (bicyclic) bond motifs is 3. The highest BCUT2D eigenvalue weighted by Gasteiger charge is 2.14. The maximum absolute atomic E-state index is 5.71. The lowest BCUT2D eigenvalue weighted by Crippen LogP contribution is -2.23. The summed E-state index contributed by atoms with van der Waals surface area (Å²) in [4.78, 5) is 0. The second kappa shape index (κ2) is 6.29. The van der Waals surface area contributed by atoms with Crippen LogP contribution in [0.1, 0.15) is 13.8 Å². The van der Waals surface area contributed by atoms with Crippen molar-refractivity contribution in [3.63, 3.8) is 0 Å². The van der Waals surface area contributed by atoms with Crippen molar-refractivity contribution < 1.29 is 9.47 Å². The summed E-state index contributed by atoms with van der Waals surface area (Å²) in [6, 6.07) is 17.0. The van der Waals surface area contributed by atoms with Gasteiger partial charge in [0.2, 0.25) is 0 Å². The van der Waals surface area contributed by atoms with Gasteiger partial charge in [0.05, 0.1) is 6.54 Å². The van der Waals surface area contributed by atoms with E-state index in [1.54, 1.807) is 0 Å². The summed E-state index contributed by atoms with van der Waals surface area (Å²) < 4.78 is 13.7. The van der Waals surface area contributed by atoms with Gasteiger partial charge in [-0.25, -0.2) is 0 Å². The third-order valence-corrected chi connectivity index (χ3v) is 3.72. The van der Waals surface area contributed by atoms with E-state index in [0.717, 1.165) is 0 Å². The molecule has 0 amide bonds. The van der Waals surface area contributed by atoms with Crippen LogP contribution in [0.3, 0.4) is 0 Å². The molecule has 21 heavy (non-hydrogen) atoms. The molecule has 1 aromatic heterocycles. The maximum atomic E-state index is 5.71. The third-order valence-electron chi connectivity index (χ3n) is 3.72. The fourth-order valence-electron chi connectivity index (χ4n) is 2.87. The first-order valence-electron chi connectivity index (χ1n) is 7.54. The van der Waals surface area contributed by atoms with Crippen LogP contribution < -0.4 is 0 Å². The van der Waals surface area contributed by atoms with Gasteiger partial charge in [-0.1, -0.05) is 36.4 Å². The SMILES string of the molecule is CCOC(Cn1c2ccccc2c2ccccc21)OCC. The van der Waals surface area contributed by atoms with E-state index in [4.69, 9.17) is 9.47 Å². The molecule has 0 saturated carbocycles. The van der Waals surface area contributed by atoms with E-state index < -0.39 is 0 Å². The first-order chi connectivity index (χ1) is 10.3. The van der Waals surface area contributed by atoms with Crippen molar-refractivity contribution in [1.82, 2.24) is 4.57 Å². The molecule has 2 aromatic carbocycles. The smallest absolute Gasteiger partial charge is 0.175 e. The largest absolute Gasteiger partial charge is 0.351 e. The molecular weight excluding hydrogens is 262 g/mol. The minimum absolute atomic E-state index is 0.209. The quantitative estimate of drug-likeness (QED) is 0.633. The van der Waals surface area contributed by atoms with Crippen molar-refractivity contribution >= 4 is 21.8 Å². The van der Waals surface area contributed by atoms with Gasteiger partial charge < -0.3 is 14.0 Å². The number of rotatable bonds is 6. The summed E-state index contributed by atoms with van der Waals surface area (Å²) in [7, 11) is 0. The molecule has 0 spiro atoms. The fourth-order valence-corrected chi connectivity index (χ4v) is 2.87. The predicted molar refractivity (Wildman–Crippen MR) is 86.5 cm³/mol. The monoisotopic (exact) mass is 283 g/mol. The molecule has 3 heteroatoms. The number of nitrogens with zero attached hydrogens (tertiary/aromatic N) is 1. The Kier molecular flexibility index (Phi) is 4.23. The Balaban J connectivity index is 2.10. The van der Waals surface area contributed by atoms with Crippen LogP contribution in [-0.4, -0.2) is 24.1 Å². The molecule has 0 fully saturated rings. The Morgan fingerprint density at radius 2 is 1.29 bits per heavy atom. The summed E-state index contributed by atoms with van der Waals surface area (Å²) in [6.45, 7) is 6.01. The van der Waals surface area contributed by atoms with Gasteiger partial charge >= 0.3 is 0 Å². The van der Waals surface area contributed by atoms with Crippen LogP contribution in [0.5, 0.6) is 0 Å². The normalized spacial score (nSPS) is 11.8. The molecule has 0 aliphatic carbocycles. The van der Waals surface area contributed by atoms with Gasteiger partial charge in [0, 0.05) is 35.0 Å². The highest BCUT2D eigenvalue weighted by Crippen LogP contribution is 2.29. The zero-order valence-corrected chi connectivity index (χ0v) is 12.6. The number of para-hydroxylation sites is 2. The zero-order chi connectivity index (χ0) is 14.7. The second-order valence-electron chi connectivity index (χ2n) is 4.99. The highest BCUT2D eigenvalue weighted by molar-refractivity contribution is 6.07. The van der Waals surface area contributed by atoms with Gasteiger partial charge in [0.25, 0.3) is 0 Å². The molecule has 0 saturated heterocycles. The number of hydrogen-bond acceptors (Lipinski definition) is 2. The molecule has 1 heterocycles. The van der Waals surface area contributed by atoms with Gasteiger partial charge in [-0.2, -0.15) is 0 Å². The van der Waals surface area contributed by atoms with E-state index in [1.807, 2.05) is 13.8 Å². The van der Waals surface area contributed by atoms with Crippen molar-refractivity contribution in [1.29, 1.82) is 0 Å². The van der Waals surface area contributed by atoms with Gasteiger partial charge in [-0.15, -0.1) is 0 Å². The number of aromatic nitrogens is 1. The van der Waals surface area contributed by atoms with Crippen molar-refractivity contribution in [3.8, 4) is 0 Å². The number of hydrogen-bond donors (Lipinski definition) is 0. The maximum Gasteiger partial charge on any atom is 0.175 e. The van der Waals surface area contributed by atoms with Crippen LogP contribution in [0.25, 0.3) is 21.8 Å². The molecule has 3 nitrogen and oxygen atoms in total. The molecule has 0 aliphatic rings. The molecule has 0 N–H and O–H groups in total. The van der Waals surface area contributed by atoms with E-state index in [2.05, 4.69) is 53.1 Å². The van der Waals surface area contributed by atoms with E-state index in [-0.39, 0.29) is 6.29 Å². The average Bonchev–Trinajstić information content (AvgIpc) is 2.83. The Morgan fingerprint density at radius 3 is 1.76 bits per heavy atom. The van der Waals surface area contributed by atoms with Crippen LogP contribution in [0.2, 0.25) is 0 Å². The molecule has 0 atom stereocenters. The van der Waals surface area contributed by atoms with E-state index >= 15 is 0 Å². The Morgan fingerprint density at radius 1 is 0.810 bits per heavy atom. The van der Waals surface area contributed by atoms with Gasteiger partial charge in [-0.3, -0.25) is 0 Å². The van der Waals surface area contributed by atoms with E-state index in [9.17, 15) is 0 Å². The minimum atomic E-state index is -0.209. The first kappa shape index (κ1) is 14.1. The predicted octanol–water partition coefficient (Wildman–Crippen LogP) is 4.19. The molecule has 3 aromatic rings. The lowest BCUT2D eigenvalue weighted by molar-refractivity contribution is -0.142. The zero-order valence-electron chi connectivity index (χ0n) is 12.6. The summed E-state index contributed by atoms with van der Waals surface area (Å²) in [5.41, 5.74) is 2.45. The van der Waals surface area contributed by atoms with Crippen molar-refractivity contribution in [2.75, 3.05) is 13.2 Å².